The molecule has 1 aromatic carbocycles. The molecule has 0 bridgehead atoms. The lowest BCUT2D eigenvalue weighted by Crippen LogP contribution is -2.50. The first-order valence-electron chi connectivity index (χ1n) is 9.07. The maximum Gasteiger partial charge on any atom is 0.150 e. The van der Waals surface area contributed by atoms with Crippen molar-refractivity contribution in [1.82, 2.24) is 15.0 Å². The third kappa shape index (κ3) is 5.10. The second-order valence-corrected chi connectivity index (χ2v) is 6.79. The summed E-state index contributed by atoms with van der Waals surface area (Å²) >= 11 is 0. The molecular formula is C20H22ClFN6O. The van der Waals surface area contributed by atoms with Gasteiger partial charge in [0.2, 0.25) is 0 Å². The topological polar surface area (TPSA) is 86.2 Å². The van der Waals surface area contributed by atoms with Crippen molar-refractivity contribution in [1.29, 1.82) is 0 Å². The average molecular weight is 417 g/mol. The van der Waals surface area contributed by atoms with E-state index >= 15 is 0 Å². The molecule has 7 nitrogen and oxygen atoms in total. The number of rotatable bonds is 6. The fraction of sp³-hybridized carbons (Fsp3) is 0.250. The fourth-order valence-corrected chi connectivity index (χ4v) is 3.05. The molecule has 0 saturated carbocycles. The highest BCUT2D eigenvalue weighted by Gasteiger charge is 2.25. The summed E-state index contributed by atoms with van der Waals surface area (Å²) in [6, 6.07) is 10.2. The number of aliphatic hydroxyl groups excluding tert-OH is 1. The number of benzene rings is 1. The van der Waals surface area contributed by atoms with Gasteiger partial charge in [-0.1, -0.05) is 12.1 Å². The molecular weight excluding hydrogens is 395 g/mol. The summed E-state index contributed by atoms with van der Waals surface area (Å²) in [5, 5.41) is 16.1. The van der Waals surface area contributed by atoms with E-state index in [1.165, 1.54) is 12.1 Å². The molecule has 1 unspecified atom stereocenters. The summed E-state index contributed by atoms with van der Waals surface area (Å²) in [5.74, 6) is 1.62. The van der Waals surface area contributed by atoms with Crippen molar-refractivity contribution in [2.75, 3.05) is 28.6 Å². The number of aromatic nitrogens is 3. The Labute approximate surface area is 174 Å². The molecule has 1 aliphatic heterocycles. The Morgan fingerprint density at radius 1 is 1.10 bits per heavy atom. The van der Waals surface area contributed by atoms with Crippen LogP contribution in [0.25, 0.3) is 0 Å². The first-order valence-corrected chi connectivity index (χ1v) is 9.07. The van der Waals surface area contributed by atoms with Crippen molar-refractivity contribution in [2.45, 2.75) is 19.1 Å². The van der Waals surface area contributed by atoms with E-state index in [1.54, 1.807) is 30.7 Å². The van der Waals surface area contributed by atoms with Crippen molar-refractivity contribution in [3.63, 3.8) is 0 Å². The molecule has 0 radical (unpaired) electrons. The van der Waals surface area contributed by atoms with Crippen LogP contribution in [0.5, 0.6) is 0 Å². The molecule has 29 heavy (non-hydrogen) atoms. The number of aliphatic hydroxyl groups is 1. The van der Waals surface area contributed by atoms with Crippen LogP contribution >= 0.6 is 12.4 Å². The van der Waals surface area contributed by atoms with E-state index in [0.29, 0.717) is 30.5 Å². The zero-order valence-electron chi connectivity index (χ0n) is 15.8. The maximum absolute atomic E-state index is 13.2. The van der Waals surface area contributed by atoms with Crippen LogP contribution in [0.15, 0.2) is 55.0 Å². The molecule has 0 amide bonds. The first-order chi connectivity index (χ1) is 13.6. The van der Waals surface area contributed by atoms with Crippen LogP contribution in [0, 0.1) is 5.82 Å². The average Bonchev–Trinajstić information content (AvgIpc) is 2.66. The van der Waals surface area contributed by atoms with E-state index in [4.69, 9.17) is 0 Å². The molecule has 0 spiro atoms. The van der Waals surface area contributed by atoms with Gasteiger partial charge >= 0.3 is 0 Å². The van der Waals surface area contributed by atoms with Gasteiger partial charge in [0.05, 0.1) is 12.3 Å². The van der Waals surface area contributed by atoms with E-state index in [1.807, 2.05) is 19.1 Å². The molecule has 3 N–H and O–H groups in total. The van der Waals surface area contributed by atoms with Gasteiger partial charge in [-0.25, -0.2) is 14.4 Å². The maximum atomic E-state index is 13.2. The van der Waals surface area contributed by atoms with Crippen LogP contribution in [0.2, 0.25) is 0 Å². The van der Waals surface area contributed by atoms with E-state index in [0.717, 1.165) is 11.3 Å². The van der Waals surface area contributed by atoms with Crippen molar-refractivity contribution in [3.05, 3.63) is 66.4 Å². The smallest absolute Gasteiger partial charge is 0.150 e. The van der Waals surface area contributed by atoms with E-state index < -0.39 is 0 Å². The third-order valence-electron chi connectivity index (χ3n) is 4.59. The number of hydrogen-bond donors (Lipinski definition) is 3. The van der Waals surface area contributed by atoms with Gasteiger partial charge in [-0.15, -0.1) is 12.4 Å². The lowest BCUT2D eigenvalue weighted by molar-refractivity contribution is 0.142. The summed E-state index contributed by atoms with van der Waals surface area (Å²) < 4.78 is 13.2. The zero-order valence-corrected chi connectivity index (χ0v) is 16.6. The molecule has 9 heteroatoms. The summed E-state index contributed by atoms with van der Waals surface area (Å²) in [4.78, 5) is 15.0. The third-order valence-corrected chi connectivity index (χ3v) is 4.59. The van der Waals surface area contributed by atoms with E-state index in [2.05, 4.69) is 30.5 Å². The van der Waals surface area contributed by atoms with E-state index in [9.17, 15) is 9.50 Å². The minimum atomic E-state index is -0.306. The number of hydrogen-bond acceptors (Lipinski definition) is 7. The molecule has 1 atom stereocenters. The van der Waals surface area contributed by atoms with Crippen LogP contribution in [0.1, 0.15) is 18.5 Å². The predicted molar refractivity (Wildman–Crippen MR) is 113 cm³/mol. The Bertz CT molecular complexity index is 937. The lowest BCUT2D eigenvalue weighted by atomic mass is 10.1. The van der Waals surface area contributed by atoms with Gasteiger partial charge in [-0.2, -0.15) is 0 Å². The molecule has 1 saturated heterocycles. The normalized spacial score (nSPS) is 14.5. The molecule has 152 valence electrons. The molecule has 3 heterocycles. The number of β-amino-alcohol motifs (C(OH)–C–C–N with tert-alkyl or cyclic N) is 1. The zero-order chi connectivity index (χ0) is 19.5. The highest BCUT2D eigenvalue weighted by atomic mass is 35.5. The molecule has 1 fully saturated rings. The summed E-state index contributed by atoms with van der Waals surface area (Å²) in [5.41, 5.74) is 1.90. The van der Waals surface area contributed by atoms with E-state index in [-0.39, 0.29) is 30.4 Å². The number of halogens is 2. The van der Waals surface area contributed by atoms with Gasteiger partial charge < -0.3 is 20.6 Å². The van der Waals surface area contributed by atoms with Crippen molar-refractivity contribution in [2.24, 2.45) is 0 Å². The largest absolute Gasteiger partial charge is 0.389 e. The number of nitrogens with one attached hydrogen (secondary N) is 2. The summed E-state index contributed by atoms with van der Waals surface area (Å²) in [7, 11) is 0. The second-order valence-electron chi connectivity index (χ2n) is 6.79. The van der Waals surface area contributed by atoms with Gasteiger partial charge in [-0.3, -0.25) is 4.98 Å². The number of anilines is 4. The fourth-order valence-electron chi connectivity index (χ4n) is 3.05. The quantitative estimate of drug-likeness (QED) is 0.566. The molecule has 4 rings (SSSR count). The molecule has 2 aromatic heterocycles. The Hall–Kier alpha value is -2.97. The van der Waals surface area contributed by atoms with Crippen LogP contribution in [-0.2, 0) is 0 Å². The minimum Gasteiger partial charge on any atom is -0.389 e. The predicted octanol–water partition coefficient (Wildman–Crippen LogP) is 3.53. The standard InChI is InChI=1S/C20H21FN6O.ClH/c1-13(14-2-4-15(21)5-3-14)24-18-8-16(27-11-17(28)12-27)9-19(25-18)26-20-10-22-6-7-23-20;/h2-10,13,17,28H,11-12H2,1H3,(H2,23,24,25,26);1H. The lowest BCUT2D eigenvalue weighted by Gasteiger charge is -2.38. The van der Waals surface area contributed by atoms with Crippen LogP contribution < -0.4 is 15.5 Å². The Morgan fingerprint density at radius 3 is 2.48 bits per heavy atom. The van der Waals surface area contributed by atoms with Gasteiger partial charge in [0.15, 0.2) is 0 Å². The summed E-state index contributed by atoms with van der Waals surface area (Å²) in [6.07, 6.45) is 4.52. The van der Waals surface area contributed by atoms with Crippen molar-refractivity contribution < 1.29 is 9.50 Å². The first kappa shape index (κ1) is 20.8. The van der Waals surface area contributed by atoms with Gasteiger partial charge in [-0.05, 0) is 24.6 Å². The second kappa shape index (κ2) is 9.02. The number of pyridine rings is 1. The van der Waals surface area contributed by atoms with Gasteiger partial charge in [0, 0.05) is 49.3 Å². The Balaban J connectivity index is 0.00000240. The van der Waals surface area contributed by atoms with Crippen LogP contribution in [0.4, 0.5) is 27.5 Å². The van der Waals surface area contributed by atoms with Gasteiger partial charge in [0.25, 0.3) is 0 Å². The molecule has 3 aromatic rings. The highest BCUT2D eigenvalue weighted by Crippen LogP contribution is 2.29. The highest BCUT2D eigenvalue weighted by molar-refractivity contribution is 5.85. The SMILES string of the molecule is CC(Nc1cc(N2CC(O)C2)cc(Nc2cnccn2)n1)c1ccc(F)cc1.Cl. The molecule has 1 aliphatic rings. The van der Waals surface area contributed by atoms with Crippen LogP contribution in [0.3, 0.4) is 0 Å². The van der Waals surface area contributed by atoms with Crippen molar-refractivity contribution >= 4 is 35.5 Å². The van der Waals surface area contributed by atoms with Crippen molar-refractivity contribution in [3.8, 4) is 0 Å². The minimum absolute atomic E-state index is 0. The summed E-state index contributed by atoms with van der Waals surface area (Å²) in [6.45, 7) is 3.16. The Morgan fingerprint density at radius 2 is 1.83 bits per heavy atom. The Kier molecular flexibility index (Phi) is 6.46. The molecule has 0 aliphatic carbocycles. The monoisotopic (exact) mass is 416 g/mol. The van der Waals surface area contributed by atoms with Crippen LogP contribution in [-0.4, -0.2) is 39.3 Å². The van der Waals surface area contributed by atoms with Gasteiger partial charge in [0.1, 0.15) is 23.3 Å². The number of nitrogens with zero attached hydrogens (tertiary/aromatic N) is 4.